The third-order valence-corrected chi connectivity index (χ3v) is 8.93. The zero-order chi connectivity index (χ0) is 35.6. The third kappa shape index (κ3) is 7.50. The summed E-state index contributed by atoms with van der Waals surface area (Å²) in [5.74, 6) is 0. The number of hydrogen-bond acceptors (Lipinski definition) is 0. The molecule has 2 aliphatic carbocycles. The Bertz CT molecular complexity index is 2310. The van der Waals surface area contributed by atoms with E-state index in [1.165, 1.54) is 77.6 Å². The molecule has 1 heteroatoms. The van der Waals surface area contributed by atoms with Gasteiger partial charge in [0.2, 0.25) is 0 Å². The molecule has 6 aromatic rings. The maximum Gasteiger partial charge on any atom is 0.0538 e. The van der Waals surface area contributed by atoms with E-state index in [0.717, 1.165) is 12.0 Å². The van der Waals surface area contributed by atoms with Crippen molar-refractivity contribution in [3.8, 4) is 16.8 Å². The number of benzene rings is 5. The highest BCUT2D eigenvalue weighted by Crippen LogP contribution is 2.38. The molecule has 250 valence electrons. The SMILES string of the molecule is C=C(/C=C\C=C/C)c1cc(-c2ccc3c(c2)c2c(n3-c3ccc4ccccc4c3)CC=C2)ccc1C.CC.CC.Cc1ccc2c(c1)C=C=C2. The van der Waals surface area contributed by atoms with Crippen LogP contribution in [0.2, 0.25) is 0 Å². The second-order valence-electron chi connectivity index (χ2n) is 12.1. The van der Waals surface area contributed by atoms with Gasteiger partial charge in [0.05, 0.1) is 5.52 Å². The first kappa shape index (κ1) is 35.7. The summed E-state index contributed by atoms with van der Waals surface area (Å²) >= 11 is 0. The summed E-state index contributed by atoms with van der Waals surface area (Å²) in [6, 6.07) is 35.4. The predicted molar refractivity (Wildman–Crippen MR) is 223 cm³/mol. The minimum atomic E-state index is 0.958. The zero-order valence-corrected chi connectivity index (χ0v) is 30.7. The number of hydrogen-bond donors (Lipinski definition) is 0. The molecule has 50 heavy (non-hydrogen) atoms. The first-order valence-electron chi connectivity index (χ1n) is 18.0. The summed E-state index contributed by atoms with van der Waals surface area (Å²) in [6.07, 6.45) is 17.7. The van der Waals surface area contributed by atoms with Crippen LogP contribution < -0.4 is 0 Å². The molecule has 1 nitrogen and oxygen atoms in total. The summed E-state index contributed by atoms with van der Waals surface area (Å²) in [5.41, 5.74) is 18.0. The van der Waals surface area contributed by atoms with Gasteiger partial charge in [0.1, 0.15) is 0 Å². The Hall–Kier alpha value is -5.62. The quantitative estimate of drug-likeness (QED) is 0.129. The lowest BCUT2D eigenvalue weighted by atomic mass is 9.95. The monoisotopic (exact) mass is 651 g/mol. The lowest BCUT2D eigenvalue weighted by Crippen LogP contribution is -1.98. The van der Waals surface area contributed by atoms with Crippen LogP contribution in [0.15, 0.2) is 140 Å². The normalized spacial score (nSPS) is 12.0. The maximum absolute atomic E-state index is 4.31. The van der Waals surface area contributed by atoms with Crippen LogP contribution in [0.5, 0.6) is 0 Å². The minimum Gasteiger partial charge on any atom is -0.313 e. The Balaban J connectivity index is 0.000000292. The molecule has 0 unspecified atom stereocenters. The van der Waals surface area contributed by atoms with Crippen LogP contribution >= 0.6 is 0 Å². The predicted octanol–water partition coefficient (Wildman–Crippen LogP) is 14.2. The van der Waals surface area contributed by atoms with Crippen molar-refractivity contribution in [1.29, 1.82) is 0 Å². The second kappa shape index (κ2) is 16.7. The van der Waals surface area contributed by atoms with Crippen LogP contribution in [0.4, 0.5) is 0 Å². The van der Waals surface area contributed by atoms with Crippen molar-refractivity contribution in [3.63, 3.8) is 0 Å². The van der Waals surface area contributed by atoms with E-state index < -0.39 is 0 Å². The molecule has 5 aromatic carbocycles. The molecule has 0 amide bonds. The molecule has 0 bridgehead atoms. The van der Waals surface area contributed by atoms with E-state index in [0.29, 0.717) is 0 Å². The fraction of sp³-hybridized carbons (Fsp3) is 0.163. The molecule has 0 spiro atoms. The highest BCUT2D eigenvalue weighted by atomic mass is 15.0. The Morgan fingerprint density at radius 2 is 1.48 bits per heavy atom. The summed E-state index contributed by atoms with van der Waals surface area (Å²) in [6.45, 7) is 18.6. The topological polar surface area (TPSA) is 4.93 Å². The molecule has 0 N–H and O–H groups in total. The van der Waals surface area contributed by atoms with Crippen LogP contribution in [0.3, 0.4) is 0 Å². The van der Waals surface area contributed by atoms with Crippen LogP contribution in [0.25, 0.3) is 62.3 Å². The molecule has 0 saturated carbocycles. The van der Waals surface area contributed by atoms with E-state index in [1.54, 1.807) is 0 Å². The minimum absolute atomic E-state index is 0.958. The number of allylic oxidation sites excluding steroid dienone is 6. The van der Waals surface area contributed by atoms with Crippen molar-refractivity contribution in [1.82, 2.24) is 4.57 Å². The fourth-order valence-electron chi connectivity index (χ4n) is 6.53. The highest BCUT2D eigenvalue weighted by Gasteiger charge is 2.20. The summed E-state index contributed by atoms with van der Waals surface area (Å²) in [5, 5.41) is 3.84. The van der Waals surface area contributed by atoms with Gasteiger partial charge in [-0.3, -0.25) is 0 Å². The first-order valence-corrected chi connectivity index (χ1v) is 18.0. The average molecular weight is 652 g/mol. The Labute approximate surface area is 299 Å². The van der Waals surface area contributed by atoms with Gasteiger partial charge in [-0.25, -0.2) is 0 Å². The van der Waals surface area contributed by atoms with E-state index in [4.69, 9.17) is 0 Å². The molecule has 1 heterocycles. The van der Waals surface area contributed by atoms with Crippen LogP contribution in [0.1, 0.15) is 73.7 Å². The van der Waals surface area contributed by atoms with Crippen LogP contribution in [0, 0.1) is 13.8 Å². The number of fused-ring (bicyclic) bond motifs is 5. The number of aryl methyl sites for hydroxylation is 2. The smallest absolute Gasteiger partial charge is 0.0538 e. The molecule has 0 fully saturated rings. The highest BCUT2D eigenvalue weighted by molar-refractivity contribution is 5.97. The van der Waals surface area contributed by atoms with Crippen molar-refractivity contribution < 1.29 is 0 Å². The average Bonchev–Trinajstić information content (AvgIpc) is 3.90. The maximum atomic E-state index is 4.31. The largest absolute Gasteiger partial charge is 0.313 e. The van der Waals surface area contributed by atoms with Crippen LogP contribution in [-0.2, 0) is 6.42 Å². The molecule has 0 atom stereocenters. The molecule has 8 rings (SSSR count). The van der Waals surface area contributed by atoms with E-state index in [1.807, 2.05) is 65.0 Å². The lowest BCUT2D eigenvalue weighted by Gasteiger charge is -2.12. The first-order chi connectivity index (χ1) is 24.5. The molecule has 0 saturated heterocycles. The van der Waals surface area contributed by atoms with Gasteiger partial charge in [0.15, 0.2) is 0 Å². The lowest BCUT2D eigenvalue weighted by molar-refractivity contribution is 1.02. The van der Waals surface area contributed by atoms with Crippen molar-refractivity contribution in [2.24, 2.45) is 0 Å². The summed E-state index contributed by atoms with van der Waals surface area (Å²) in [7, 11) is 0. The number of nitrogens with zero attached hydrogens (tertiary/aromatic N) is 1. The number of aromatic nitrogens is 1. The Morgan fingerprint density at radius 1 is 0.740 bits per heavy atom. The molecular formula is C49H49N. The van der Waals surface area contributed by atoms with Gasteiger partial charge in [-0.2, -0.15) is 0 Å². The van der Waals surface area contributed by atoms with E-state index in [2.05, 4.69) is 146 Å². The molecule has 0 radical (unpaired) electrons. The Kier molecular flexibility index (Phi) is 11.9. The molecule has 0 aliphatic heterocycles. The zero-order valence-electron chi connectivity index (χ0n) is 30.7. The van der Waals surface area contributed by atoms with Crippen LogP contribution in [-0.4, -0.2) is 4.57 Å². The third-order valence-electron chi connectivity index (χ3n) is 8.93. The number of rotatable bonds is 5. The van der Waals surface area contributed by atoms with Gasteiger partial charge in [-0.1, -0.05) is 143 Å². The van der Waals surface area contributed by atoms with Gasteiger partial charge in [0, 0.05) is 28.8 Å². The van der Waals surface area contributed by atoms with E-state index in [-0.39, 0.29) is 0 Å². The second-order valence-corrected chi connectivity index (χ2v) is 12.1. The molecule has 1 aromatic heterocycles. The standard InChI is InChI=1S/C35H29N.C10H8.2C2H6/c1-4-5-6-10-24(2)32-22-28(16-15-25(32)3)29-18-20-35-33(23-29)31-13-9-14-34(31)36(35)30-19-17-26-11-7-8-12-27(26)21-30;1-8-5-6-9-3-2-4-10(9)7-8;2*1-2/h4-13,15-23H,2,14H2,1,3H3;3-7H,1H3;2*1-2H3/b5-4-,10-6-;;;. The summed E-state index contributed by atoms with van der Waals surface area (Å²) in [4.78, 5) is 0. The van der Waals surface area contributed by atoms with Gasteiger partial charge < -0.3 is 4.57 Å². The molecular weight excluding hydrogens is 603 g/mol. The summed E-state index contributed by atoms with van der Waals surface area (Å²) < 4.78 is 2.44. The van der Waals surface area contributed by atoms with E-state index >= 15 is 0 Å². The van der Waals surface area contributed by atoms with Crippen molar-refractivity contribution in [2.75, 3.05) is 0 Å². The Morgan fingerprint density at radius 3 is 2.28 bits per heavy atom. The van der Waals surface area contributed by atoms with E-state index in [9.17, 15) is 0 Å². The van der Waals surface area contributed by atoms with Gasteiger partial charge in [-0.05, 0) is 113 Å². The van der Waals surface area contributed by atoms with Crippen molar-refractivity contribution >= 4 is 45.5 Å². The fourth-order valence-corrected chi connectivity index (χ4v) is 6.53. The van der Waals surface area contributed by atoms with Gasteiger partial charge in [-0.15, -0.1) is 5.73 Å². The van der Waals surface area contributed by atoms with Crippen molar-refractivity contribution in [2.45, 2.75) is 54.9 Å². The van der Waals surface area contributed by atoms with Crippen molar-refractivity contribution in [3.05, 3.63) is 179 Å². The van der Waals surface area contributed by atoms with Gasteiger partial charge in [0.25, 0.3) is 0 Å². The molecule has 2 aliphatic rings. The van der Waals surface area contributed by atoms with Gasteiger partial charge >= 0.3 is 0 Å².